The van der Waals surface area contributed by atoms with E-state index in [1.54, 1.807) is 41.7 Å². The summed E-state index contributed by atoms with van der Waals surface area (Å²) in [7, 11) is 0. The number of aromatic nitrogens is 2. The van der Waals surface area contributed by atoms with Crippen LogP contribution in [0, 0.1) is 0 Å². The molecule has 0 radical (unpaired) electrons. The molecule has 1 heterocycles. The van der Waals surface area contributed by atoms with Gasteiger partial charge in [-0.2, -0.15) is 0 Å². The molecule has 4 nitrogen and oxygen atoms in total. The summed E-state index contributed by atoms with van der Waals surface area (Å²) < 4.78 is 13.3. The molecule has 1 atom stereocenters. The van der Waals surface area contributed by atoms with E-state index in [1.165, 1.54) is 0 Å². The predicted molar refractivity (Wildman–Crippen MR) is 93.6 cm³/mol. The monoisotopic (exact) mass is 354 g/mol. The SMILES string of the molecule is CCCCOC(COC=Cn1ccnc1)c1ccc(Cl)cc1Cl. The lowest BCUT2D eigenvalue weighted by Gasteiger charge is -2.19. The van der Waals surface area contributed by atoms with Crippen LogP contribution in [0.25, 0.3) is 6.20 Å². The molecule has 1 aromatic carbocycles. The molecule has 0 saturated carbocycles. The summed E-state index contributed by atoms with van der Waals surface area (Å²) in [6.45, 7) is 3.16. The summed E-state index contributed by atoms with van der Waals surface area (Å²) in [6.07, 6.45) is 10.4. The number of rotatable bonds is 9. The lowest BCUT2D eigenvalue weighted by molar-refractivity contribution is 0.00598. The Morgan fingerprint density at radius 1 is 1.35 bits per heavy atom. The minimum absolute atomic E-state index is 0.237. The molecular weight excluding hydrogens is 335 g/mol. The third-order valence-electron chi connectivity index (χ3n) is 3.23. The van der Waals surface area contributed by atoms with Gasteiger partial charge in [0.05, 0.1) is 12.6 Å². The van der Waals surface area contributed by atoms with Gasteiger partial charge in [-0.05, 0) is 18.6 Å². The van der Waals surface area contributed by atoms with E-state index in [9.17, 15) is 0 Å². The fourth-order valence-corrected chi connectivity index (χ4v) is 2.50. The Labute approximate surface area is 146 Å². The highest BCUT2D eigenvalue weighted by atomic mass is 35.5. The van der Waals surface area contributed by atoms with Crippen LogP contribution in [0.15, 0.2) is 43.2 Å². The van der Waals surface area contributed by atoms with Gasteiger partial charge in [-0.25, -0.2) is 4.98 Å². The molecule has 1 unspecified atom stereocenters. The van der Waals surface area contributed by atoms with E-state index in [0.717, 1.165) is 18.4 Å². The van der Waals surface area contributed by atoms with Crippen molar-refractivity contribution in [2.24, 2.45) is 0 Å². The zero-order valence-electron chi connectivity index (χ0n) is 13.0. The fourth-order valence-electron chi connectivity index (χ4n) is 1.97. The molecule has 1 aromatic heterocycles. The molecule has 124 valence electrons. The summed E-state index contributed by atoms with van der Waals surface area (Å²) in [4.78, 5) is 3.95. The quantitative estimate of drug-likeness (QED) is 0.459. The highest BCUT2D eigenvalue weighted by Crippen LogP contribution is 2.29. The Hall–Kier alpha value is -1.49. The lowest BCUT2D eigenvalue weighted by Crippen LogP contribution is -2.12. The molecule has 0 spiro atoms. The molecule has 0 saturated heterocycles. The van der Waals surface area contributed by atoms with Gasteiger partial charge in [0.1, 0.15) is 12.7 Å². The third-order valence-corrected chi connectivity index (χ3v) is 3.79. The molecular formula is C17H20Cl2N2O2. The summed E-state index contributed by atoms with van der Waals surface area (Å²) in [5.41, 5.74) is 0.878. The Kier molecular flexibility index (Phi) is 7.46. The van der Waals surface area contributed by atoms with Crippen molar-refractivity contribution >= 4 is 29.4 Å². The van der Waals surface area contributed by atoms with Gasteiger partial charge in [0.2, 0.25) is 0 Å². The van der Waals surface area contributed by atoms with E-state index < -0.39 is 0 Å². The van der Waals surface area contributed by atoms with Gasteiger partial charge in [0.25, 0.3) is 0 Å². The molecule has 0 bridgehead atoms. The number of halogens is 2. The molecule has 2 rings (SSSR count). The van der Waals surface area contributed by atoms with E-state index in [1.807, 2.05) is 12.3 Å². The van der Waals surface area contributed by atoms with Crippen LogP contribution in [0.4, 0.5) is 0 Å². The Morgan fingerprint density at radius 3 is 2.91 bits per heavy atom. The van der Waals surface area contributed by atoms with Crippen molar-refractivity contribution in [3.05, 3.63) is 58.8 Å². The van der Waals surface area contributed by atoms with E-state index in [2.05, 4.69) is 11.9 Å². The van der Waals surface area contributed by atoms with E-state index in [-0.39, 0.29) is 6.10 Å². The van der Waals surface area contributed by atoms with E-state index >= 15 is 0 Å². The van der Waals surface area contributed by atoms with Crippen LogP contribution in [0.5, 0.6) is 0 Å². The molecule has 0 N–H and O–H groups in total. The number of unbranched alkanes of at least 4 members (excludes halogenated alkanes) is 1. The number of benzene rings is 1. The van der Waals surface area contributed by atoms with E-state index in [0.29, 0.717) is 23.3 Å². The van der Waals surface area contributed by atoms with Crippen molar-refractivity contribution in [2.45, 2.75) is 25.9 Å². The second kappa shape index (κ2) is 9.60. The summed E-state index contributed by atoms with van der Waals surface area (Å²) >= 11 is 12.2. The second-order valence-electron chi connectivity index (χ2n) is 5.01. The maximum absolute atomic E-state index is 6.28. The van der Waals surface area contributed by atoms with Crippen LogP contribution in [0.2, 0.25) is 10.0 Å². The minimum Gasteiger partial charge on any atom is -0.497 e. The molecule has 23 heavy (non-hydrogen) atoms. The zero-order valence-corrected chi connectivity index (χ0v) is 14.5. The van der Waals surface area contributed by atoms with Crippen LogP contribution in [-0.2, 0) is 9.47 Å². The van der Waals surface area contributed by atoms with E-state index in [4.69, 9.17) is 32.7 Å². The molecule has 0 aliphatic rings. The molecule has 0 aliphatic carbocycles. The third kappa shape index (κ3) is 5.90. The van der Waals surface area contributed by atoms with Crippen molar-refractivity contribution in [1.82, 2.24) is 9.55 Å². The Balaban J connectivity index is 1.98. The first-order valence-corrected chi connectivity index (χ1v) is 8.28. The number of hydrogen-bond donors (Lipinski definition) is 0. The standard InChI is InChI=1S/C17H20Cl2N2O2/c1-2-3-9-23-17(15-5-4-14(18)11-16(15)19)12-22-10-8-21-7-6-20-13-21/h4-8,10-11,13,17H,2-3,9,12H2,1H3. The molecule has 0 fully saturated rings. The predicted octanol–water partition coefficient (Wildman–Crippen LogP) is 5.19. The van der Waals surface area contributed by atoms with Gasteiger partial charge in [0, 0.05) is 40.8 Å². The Bertz CT molecular complexity index is 615. The van der Waals surface area contributed by atoms with Gasteiger partial charge < -0.3 is 14.0 Å². The van der Waals surface area contributed by atoms with Crippen molar-refractivity contribution < 1.29 is 9.47 Å². The number of imidazole rings is 1. The smallest absolute Gasteiger partial charge is 0.118 e. The normalized spacial score (nSPS) is 12.7. The molecule has 0 amide bonds. The topological polar surface area (TPSA) is 36.3 Å². The van der Waals surface area contributed by atoms with Crippen LogP contribution in [0.1, 0.15) is 31.4 Å². The minimum atomic E-state index is -0.237. The number of nitrogens with zero attached hydrogens (tertiary/aromatic N) is 2. The second-order valence-corrected chi connectivity index (χ2v) is 5.85. The van der Waals surface area contributed by atoms with Gasteiger partial charge in [-0.1, -0.05) is 42.6 Å². The maximum Gasteiger partial charge on any atom is 0.118 e. The van der Waals surface area contributed by atoms with Crippen molar-refractivity contribution in [1.29, 1.82) is 0 Å². The largest absolute Gasteiger partial charge is 0.497 e. The molecule has 2 aromatic rings. The first-order valence-electron chi connectivity index (χ1n) is 7.53. The summed E-state index contributed by atoms with van der Waals surface area (Å²) in [5, 5.41) is 1.19. The first-order chi connectivity index (χ1) is 11.2. The fraction of sp³-hybridized carbons (Fsp3) is 0.353. The van der Waals surface area contributed by atoms with Gasteiger partial charge in [0.15, 0.2) is 0 Å². The van der Waals surface area contributed by atoms with Crippen molar-refractivity contribution in [2.75, 3.05) is 13.2 Å². The molecule has 0 aliphatic heterocycles. The van der Waals surface area contributed by atoms with Crippen LogP contribution < -0.4 is 0 Å². The van der Waals surface area contributed by atoms with Gasteiger partial charge in [-0.3, -0.25) is 0 Å². The maximum atomic E-state index is 6.28. The highest BCUT2D eigenvalue weighted by molar-refractivity contribution is 6.35. The van der Waals surface area contributed by atoms with Crippen LogP contribution in [-0.4, -0.2) is 22.8 Å². The van der Waals surface area contributed by atoms with Crippen LogP contribution in [0.3, 0.4) is 0 Å². The summed E-state index contributed by atoms with van der Waals surface area (Å²) in [5.74, 6) is 0. The molecule has 6 heteroatoms. The van der Waals surface area contributed by atoms with Gasteiger partial charge in [-0.15, -0.1) is 0 Å². The highest BCUT2D eigenvalue weighted by Gasteiger charge is 2.16. The number of ether oxygens (including phenoxy) is 2. The average molecular weight is 355 g/mol. The van der Waals surface area contributed by atoms with Gasteiger partial charge >= 0.3 is 0 Å². The summed E-state index contributed by atoms with van der Waals surface area (Å²) in [6, 6.07) is 5.40. The zero-order chi connectivity index (χ0) is 16.5. The van der Waals surface area contributed by atoms with Crippen molar-refractivity contribution in [3.8, 4) is 0 Å². The Morgan fingerprint density at radius 2 is 2.22 bits per heavy atom. The van der Waals surface area contributed by atoms with Crippen LogP contribution >= 0.6 is 23.2 Å². The van der Waals surface area contributed by atoms with Crippen molar-refractivity contribution in [3.63, 3.8) is 0 Å². The lowest BCUT2D eigenvalue weighted by atomic mass is 10.1. The number of hydrogen-bond acceptors (Lipinski definition) is 3. The average Bonchev–Trinajstić information content (AvgIpc) is 3.04. The first kappa shape index (κ1) is 17.9.